The molecule has 18 heavy (non-hydrogen) atoms. The number of rotatable bonds is 2. The van der Waals surface area contributed by atoms with Crippen LogP contribution in [-0.2, 0) is 23.8 Å². The third-order valence-electron chi connectivity index (χ3n) is 0.945. The predicted octanol–water partition coefficient (Wildman–Crippen LogP) is 2.59. The minimum atomic E-state index is -0.623. The van der Waals surface area contributed by atoms with Crippen molar-refractivity contribution in [2.75, 3.05) is 20.8 Å². The maximum absolute atomic E-state index is 9.97. The van der Waals surface area contributed by atoms with Crippen LogP contribution in [0.25, 0.3) is 0 Å². The summed E-state index contributed by atoms with van der Waals surface area (Å²) in [5.74, 6) is 0.00926. The molecule has 0 atom stereocenters. The van der Waals surface area contributed by atoms with E-state index in [-0.39, 0.29) is 19.2 Å². The Bertz CT molecular complexity index is 203. The largest absolute Gasteiger partial charge is 0.507 e. The molecule has 6 heteroatoms. The molecule has 0 unspecified atom stereocenters. The number of methoxy groups -OCH3 is 2. The topological polar surface area (TPSA) is 78.9 Å². The number of Topliss-reactive ketones (excluding diaryl/α,β-unsaturated/α-hetero) is 1. The van der Waals surface area contributed by atoms with Gasteiger partial charge < -0.3 is 19.0 Å². The van der Waals surface area contributed by atoms with Crippen molar-refractivity contribution in [3.8, 4) is 0 Å². The summed E-state index contributed by atoms with van der Waals surface area (Å²) in [4.78, 5) is 29.4. The average molecular weight is 266 g/mol. The van der Waals surface area contributed by atoms with Gasteiger partial charge in [-0.25, -0.2) is 4.79 Å². The Morgan fingerprint density at radius 1 is 0.944 bits per heavy atom. The van der Waals surface area contributed by atoms with E-state index >= 15 is 0 Å². The number of esters is 1. The molecule has 0 saturated carbocycles. The highest BCUT2D eigenvalue weighted by Gasteiger charge is 1.92. The van der Waals surface area contributed by atoms with Crippen molar-refractivity contribution in [1.82, 2.24) is 0 Å². The van der Waals surface area contributed by atoms with Crippen molar-refractivity contribution in [1.29, 1.82) is 0 Å². The summed E-state index contributed by atoms with van der Waals surface area (Å²) in [5, 5.41) is 0. The summed E-state index contributed by atoms with van der Waals surface area (Å²) in [6, 6.07) is 0. The Morgan fingerprint density at radius 3 is 1.39 bits per heavy atom. The fourth-order valence-electron chi connectivity index (χ4n) is 0.321. The van der Waals surface area contributed by atoms with Crippen molar-refractivity contribution < 1.29 is 28.6 Å². The summed E-state index contributed by atoms with van der Waals surface area (Å²) in [7, 11) is 2.66. The van der Waals surface area contributed by atoms with Gasteiger partial charge in [-0.15, -0.1) is 0 Å². The molecule has 0 fully saturated rings. The molecule has 0 saturated heterocycles. The maximum atomic E-state index is 9.97. The van der Waals surface area contributed by atoms with Crippen LogP contribution in [-0.4, -0.2) is 38.7 Å². The summed E-state index contributed by atoms with van der Waals surface area (Å²) >= 11 is 0. The van der Waals surface area contributed by atoms with Crippen LogP contribution in [0.15, 0.2) is 0 Å². The number of ether oxygens (including phenoxy) is 3. The van der Waals surface area contributed by atoms with Gasteiger partial charge in [0.1, 0.15) is 5.78 Å². The Morgan fingerprint density at radius 2 is 1.33 bits per heavy atom. The van der Waals surface area contributed by atoms with Crippen LogP contribution in [0.3, 0.4) is 0 Å². The van der Waals surface area contributed by atoms with Gasteiger partial charge in [-0.3, -0.25) is 4.79 Å². The van der Waals surface area contributed by atoms with E-state index in [2.05, 4.69) is 14.2 Å². The second-order valence-electron chi connectivity index (χ2n) is 2.73. The number of carbonyl (C=O) groups is 3. The molecule has 0 radical (unpaired) electrons. The maximum Gasteiger partial charge on any atom is 0.507 e. The Balaban J connectivity index is -0.0000000823. The zero-order valence-electron chi connectivity index (χ0n) is 11.4. The molecule has 110 valence electrons. The molecule has 6 nitrogen and oxygen atoms in total. The van der Waals surface area contributed by atoms with E-state index in [1.807, 2.05) is 0 Å². The van der Waals surface area contributed by atoms with Crippen molar-refractivity contribution in [2.24, 2.45) is 0 Å². The number of ketones is 1. The Labute approximate surface area is 110 Å². The van der Waals surface area contributed by atoms with Crippen LogP contribution in [0.5, 0.6) is 0 Å². The van der Waals surface area contributed by atoms with E-state index in [1.165, 1.54) is 28.1 Å². The molecule has 0 N–H and O–H groups in total. The van der Waals surface area contributed by atoms with Crippen LogP contribution in [0.1, 0.15) is 41.5 Å². The molecule has 0 spiro atoms. The highest BCUT2D eigenvalue weighted by Crippen LogP contribution is 1.77. The van der Waals surface area contributed by atoms with Gasteiger partial charge in [-0.1, -0.05) is 14.4 Å². The van der Waals surface area contributed by atoms with Crippen LogP contribution < -0.4 is 0 Å². The monoisotopic (exact) mass is 266 g/mol. The van der Waals surface area contributed by atoms with Gasteiger partial charge in [-0.05, 0) is 20.8 Å². The van der Waals surface area contributed by atoms with Crippen LogP contribution in [0.4, 0.5) is 4.79 Å². The van der Waals surface area contributed by atoms with E-state index in [0.29, 0.717) is 13.0 Å². The lowest BCUT2D eigenvalue weighted by atomic mass is 10.5. The van der Waals surface area contributed by atoms with Gasteiger partial charge in [0.25, 0.3) is 0 Å². The van der Waals surface area contributed by atoms with Gasteiger partial charge in [0, 0.05) is 6.42 Å². The van der Waals surface area contributed by atoms with E-state index in [0.717, 1.165) is 0 Å². The van der Waals surface area contributed by atoms with Crippen molar-refractivity contribution in [3.63, 3.8) is 0 Å². The summed E-state index contributed by atoms with van der Waals surface area (Å²) in [6.45, 7) is 6.90. The molecule has 0 aliphatic rings. The summed E-state index contributed by atoms with van der Waals surface area (Å²) in [5.41, 5.74) is 0. The molecule has 0 bridgehead atoms. The SMILES string of the molecule is C.CC(C)=O.CCC(=O)OC.CCOC(=O)OC. The first-order valence-electron chi connectivity index (χ1n) is 5.10. The first-order valence-corrected chi connectivity index (χ1v) is 5.10. The summed E-state index contributed by atoms with van der Waals surface area (Å²) < 4.78 is 12.7. The number of carbonyl (C=O) groups excluding carboxylic acids is 3. The third kappa shape index (κ3) is 47.2. The Kier molecular flexibility index (Phi) is 29.2. The predicted molar refractivity (Wildman–Crippen MR) is 69.4 cm³/mol. The van der Waals surface area contributed by atoms with Crippen molar-refractivity contribution in [2.45, 2.75) is 41.5 Å². The second-order valence-corrected chi connectivity index (χ2v) is 2.73. The second kappa shape index (κ2) is 20.8. The quantitative estimate of drug-likeness (QED) is 0.715. The van der Waals surface area contributed by atoms with Gasteiger partial charge >= 0.3 is 12.1 Å². The lowest BCUT2D eigenvalue weighted by Gasteiger charge is -1.94. The molecule has 0 aliphatic carbocycles. The molecule has 0 rings (SSSR count). The first kappa shape index (κ1) is 25.3. The third-order valence-corrected chi connectivity index (χ3v) is 0.945. The minimum absolute atomic E-state index is 0. The fraction of sp³-hybridized carbons (Fsp3) is 0.750. The zero-order valence-corrected chi connectivity index (χ0v) is 11.4. The molecular formula is C12H26O6. The van der Waals surface area contributed by atoms with E-state index < -0.39 is 6.16 Å². The Hall–Kier alpha value is -1.59. The molecule has 0 aromatic heterocycles. The van der Waals surface area contributed by atoms with E-state index in [4.69, 9.17) is 0 Å². The molecular weight excluding hydrogens is 240 g/mol. The highest BCUT2D eigenvalue weighted by atomic mass is 16.7. The van der Waals surface area contributed by atoms with Crippen molar-refractivity contribution >= 4 is 17.9 Å². The fourth-order valence-corrected chi connectivity index (χ4v) is 0.321. The summed E-state index contributed by atoms with van der Waals surface area (Å²) in [6.07, 6.45) is -0.154. The van der Waals surface area contributed by atoms with Crippen LogP contribution in [0.2, 0.25) is 0 Å². The average Bonchev–Trinajstić information content (AvgIpc) is 2.28. The normalized spacial score (nSPS) is 7.00. The van der Waals surface area contributed by atoms with E-state index in [9.17, 15) is 14.4 Å². The lowest BCUT2D eigenvalue weighted by molar-refractivity contribution is -0.140. The van der Waals surface area contributed by atoms with Crippen LogP contribution >= 0.6 is 0 Å². The van der Waals surface area contributed by atoms with Gasteiger partial charge in [0.2, 0.25) is 0 Å². The molecule has 0 aliphatic heterocycles. The zero-order chi connectivity index (χ0) is 14.3. The first-order chi connectivity index (χ1) is 7.85. The highest BCUT2D eigenvalue weighted by molar-refractivity contribution is 5.72. The minimum Gasteiger partial charge on any atom is -0.469 e. The molecule has 0 amide bonds. The van der Waals surface area contributed by atoms with Gasteiger partial charge in [0.15, 0.2) is 0 Å². The molecule has 0 aromatic rings. The number of hydrogen-bond acceptors (Lipinski definition) is 6. The van der Waals surface area contributed by atoms with Gasteiger partial charge in [-0.2, -0.15) is 0 Å². The standard InChI is InChI=1S/C4H8O3.C4H8O2.C3H6O.CH4/c1-3-7-4(5)6-2;1-3-4(5)6-2;1-3(2)4;/h3H2,1-2H3;3H2,1-2H3;1-2H3;1H4. The van der Waals surface area contributed by atoms with Crippen LogP contribution in [0, 0.1) is 0 Å². The van der Waals surface area contributed by atoms with Gasteiger partial charge in [0.05, 0.1) is 20.8 Å². The lowest BCUT2D eigenvalue weighted by Crippen LogP contribution is -2.02. The molecule has 0 aromatic carbocycles. The molecule has 0 heterocycles. The van der Waals surface area contributed by atoms with Crippen molar-refractivity contribution in [3.05, 3.63) is 0 Å². The van der Waals surface area contributed by atoms with E-state index in [1.54, 1.807) is 13.8 Å². The number of hydrogen-bond donors (Lipinski definition) is 0. The smallest absolute Gasteiger partial charge is 0.469 e.